The third-order valence-electron chi connectivity index (χ3n) is 4.96. The summed E-state index contributed by atoms with van der Waals surface area (Å²) < 4.78 is 1.72. The molecule has 2 heterocycles. The first kappa shape index (κ1) is 18.8. The van der Waals surface area contributed by atoms with E-state index in [0.717, 1.165) is 41.3 Å². The topological polar surface area (TPSA) is 72.2 Å². The van der Waals surface area contributed by atoms with Crippen molar-refractivity contribution in [1.82, 2.24) is 19.8 Å². The van der Waals surface area contributed by atoms with Gasteiger partial charge in [-0.3, -0.25) is 4.79 Å². The van der Waals surface area contributed by atoms with Crippen molar-refractivity contribution < 1.29 is 4.79 Å². The number of carbonyl (C=O) groups is 1. The Morgan fingerprint density at radius 3 is 2.38 bits per heavy atom. The van der Waals surface area contributed by atoms with Gasteiger partial charge in [0.05, 0.1) is 5.69 Å². The van der Waals surface area contributed by atoms with E-state index >= 15 is 0 Å². The van der Waals surface area contributed by atoms with Crippen molar-refractivity contribution in [2.45, 2.75) is 33.1 Å². The van der Waals surface area contributed by atoms with Crippen LogP contribution in [0.2, 0.25) is 0 Å². The van der Waals surface area contributed by atoms with Crippen LogP contribution in [0.4, 0.5) is 5.69 Å². The van der Waals surface area contributed by atoms with E-state index in [0.29, 0.717) is 6.42 Å². The number of nitrogens with one attached hydrogen (secondary N) is 1. The van der Waals surface area contributed by atoms with E-state index in [4.69, 9.17) is 0 Å². The molecule has 1 N–H and O–H groups in total. The summed E-state index contributed by atoms with van der Waals surface area (Å²) in [6.45, 7) is 4.01. The van der Waals surface area contributed by atoms with Gasteiger partial charge in [0.15, 0.2) is 11.5 Å². The molecular weight excluding hydrogens is 362 g/mol. The molecule has 0 aliphatic carbocycles. The fourth-order valence-electron chi connectivity index (χ4n) is 3.20. The van der Waals surface area contributed by atoms with Gasteiger partial charge in [0.1, 0.15) is 0 Å². The van der Waals surface area contributed by atoms with Crippen LogP contribution < -0.4 is 5.32 Å². The van der Waals surface area contributed by atoms with Crippen LogP contribution in [0.15, 0.2) is 60.7 Å². The highest BCUT2D eigenvalue weighted by molar-refractivity contribution is 5.91. The molecule has 0 fully saturated rings. The summed E-state index contributed by atoms with van der Waals surface area (Å²) in [5, 5.41) is 15.6. The fourth-order valence-corrected chi connectivity index (χ4v) is 3.20. The van der Waals surface area contributed by atoms with E-state index in [9.17, 15) is 4.79 Å². The average Bonchev–Trinajstić information content (AvgIpc) is 3.13. The summed E-state index contributed by atoms with van der Waals surface area (Å²) in [6, 6.07) is 20.0. The maximum Gasteiger partial charge on any atom is 0.224 e. The number of anilines is 1. The lowest BCUT2D eigenvalue weighted by molar-refractivity contribution is -0.116. The molecule has 0 saturated heterocycles. The first-order valence-electron chi connectivity index (χ1n) is 9.79. The minimum absolute atomic E-state index is 0.0111. The zero-order valence-corrected chi connectivity index (χ0v) is 16.6. The van der Waals surface area contributed by atoms with Crippen molar-refractivity contribution in [2.75, 3.05) is 5.32 Å². The smallest absolute Gasteiger partial charge is 0.224 e. The van der Waals surface area contributed by atoms with Crippen molar-refractivity contribution in [1.29, 1.82) is 0 Å². The molecule has 1 amide bonds. The third-order valence-corrected chi connectivity index (χ3v) is 4.96. The van der Waals surface area contributed by atoms with Crippen molar-refractivity contribution in [3.05, 3.63) is 77.6 Å². The number of carbonyl (C=O) groups excluding carboxylic acids is 1. The molecule has 0 aliphatic rings. The summed E-state index contributed by atoms with van der Waals surface area (Å²) in [7, 11) is 0. The Morgan fingerprint density at radius 1 is 0.931 bits per heavy atom. The van der Waals surface area contributed by atoms with Crippen LogP contribution in [0.1, 0.15) is 30.3 Å². The van der Waals surface area contributed by atoms with Crippen molar-refractivity contribution in [3.63, 3.8) is 0 Å². The van der Waals surface area contributed by atoms with Crippen LogP contribution in [0.25, 0.3) is 16.9 Å². The molecule has 4 aromatic rings. The van der Waals surface area contributed by atoms with Crippen LogP contribution in [-0.4, -0.2) is 25.7 Å². The molecule has 29 heavy (non-hydrogen) atoms. The largest absolute Gasteiger partial charge is 0.326 e. The third kappa shape index (κ3) is 4.32. The second-order valence-corrected chi connectivity index (χ2v) is 7.03. The molecule has 146 valence electrons. The van der Waals surface area contributed by atoms with Crippen LogP contribution in [-0.2, 0) is 17.6 Å². The van der Waals surface area contributed by atoms with E-state index in [-0.39, 0.29) is 5.91 Å². The van der Waals surface area contributed by atoms with Crippen molar-refractivity contribution in [3.8, 4) is 11.3 Å². The molecule has 6 nitrogen and oxygen atoms in total. The van der Waals surface area contributed by atoms with Gasteiger partial charge in [-0.15, -0.1) is 10.2 Å². The molecule has 0 radical (unpaired) electrons. The normalized spacial score (nSPS) is 11.0. The molecule has 0 saturated carbocycles. The molecule has 0 aliphatic heterocycles. The Morgan fingerprint density at radius 2 is 1.66 bits per heavy atom. The first-order valence-corrected chi connectivity index (χ1v) is 9.79. The lowest BCUT2D eigenvalue weighted by atomic mass is 10.1. The number of aromatic nitrogens is 4. The maximum atomic E-state index is 12.3. The van der Waals surface area contributed by atoms with Crippen LogP contribution in [0.3, 0.4) is 0 Å². The quantitative estimate of drug-likeness (QED) is 0.539. The summed E-state index contributed by atoms with van der Waals surface area (Å²) >= 11 is 0. The monoisotopic (exact) mass is 385 g/mol. The number of hydrogen-bond donors (Lipinski definition) is 1. The predicted octanol–water partition coefficient (Wildman–Crippen LogP) is 4.23. The Labute approximate surface area is 169 Å². The highest BCUT2D eigenvalue weighted by Gasteiger charge is 2.07. The predicted molar refractivity (Wildman–Crippen MR) is 114 cm³/mol. The lowest BCUT2D eigenvalue weighted by Crippen LogP contribution is -2.12. The number of nitrogens with zero attached hydrogens (tertiary/aromatic N) is 4. The molecular formula is C23H23N5O. The lowest BCUT2D eigenvalue weighted by Gasteiger charge is -2.07. The number of aryl methyl sites for hydroxylation is 3. The van der Waals surface area contributed by atoms with E-state index in [1.54, 1.807) is 4.52 Å². The minimum atomic E-state index is 0.0111. The van der Waals surface area contributed by atoms with Gasteiger partial charge in [-0.2, -0.15) is 9.61 Å². The van der Waals surface area contributed by atoms with Gasteiger partial charge in [0, 0.05) is 17.7 Å². The molecule has 0 bridgehead atoms. The van der Waals surface area contributed by atoms with Crippen LogP contribution >= 0.6 is 0 Å². The summed E-state index contributed by atoms with van der Waals surface area (Å²) in [5.41, 5.74) is 5.79. The van der Waals surface area contributed by atoms with Gasteiger partial charge in [0.25, 0.3) is 0 Å². The standard InChI is InChI=1S/C23H23N5O/c1-3-17-4-6-18(7-5-17)8-15-23(29)24-20-11-9-19(10-12-20)21-13-14-22-26-25-16(2)28(22)27-21/h4-7,9-14H,3,8,15H2,1-2H3,(H,24,29). The average molecular weight is 385 g/mol. The van der Waals surface area contributed by atoms with Crippen LogP contribution in [0, 0.1) is 6.92 Å². The number of fused-ring (bicyclic) bond motifs is 1. The summed E-state index contributed by atoms with van der Waals surface area (Å²) in [4.78, 5) is 12.3. The van der Waals surface area contributed by atoms with Crippen LogP contribution in [0.5, 0.6) is 0 Å². The van der Waals surface area contributed by atoms with E-state index in [1.807, 2.05) is 43.3 Å². The molecule has 2 aromatic carbocycles. The van der Waals surface area contributed by atoms with E-state index < -0.39 is 0 Å². The second-order valence-electron chi connectivity index (χ2n) is 7.03. The maximum absolute atomic E-state index is 12.3. The SMILES string of the molecule is CCc1ccc(CCC(=O)Nc2ccc(-c3ccc4nnc(C)n4n3)cc2)cc1. The molecule has 2 aromatic heterocycles. The number of rotatable bonds is 6. The number of hydrogen-bond acceptors (Lipinski definition) is 4. The van der Waals surface area contributed by atoms with Gasteiger partial charge in [-0.1, -0.05) is 43.3 Å². The summed E-state index contributed by atoms with van der Waals surface area (Å²) in [5.74, 6) is 0.757. The molecule has 4 rings (SSSR count). The molecule has 6 heteroatoms. The Balaban J connectivity index is 1.38. The highest BCUT2D eigenvalue weighted by atomic mass is 16.1. The van der Waals surface area contributed by atoms with Gasteiger partial charge in [-0.05, 0) is 55.2 Å². The Kier molecular flexibility index (Phi) is 5.33. The molecule has 0 spiro atoms. The fraction of sp³-hybridized carbons (Fsp3) is 0.217. The molecule has 0 unspecified atom stereocenters. The Hall–Kier alpha value is -3.54. The second kappa shape index (κ2) is 8.22. The first-order chi connectivity index (χ1) is 14.1. The molecule has 0 atom stereocenters. The van der Waals surface area contributed by atoms with Gasteiger partial charge < -0.3 is 5.32 Å². The van der Waals surface area contributed by atoms with Gasteiger partial charge in [-0.25, -0.2) is 0 Å². The summed E-state index contributed by atoms with van der Waals surface area (Å²) in [6.07, 6.45) is 2.22. The van der Waals surface area contributed by atoms with Crippen molar-refractivity contribution in [2.24, 2.45) is 0 Å². The van der Waals surface area contributed by atoms with Crippen molar-refractivity contribution >= 4 is 17.2 Å². The van der Waals surface area contributed by atoms with E-state index in [2.05, 4.69) is 51.8 Å². The highest BCUT2D eigenvalue weighted by Crippen LogP contribution is 2.20. The zero-order valence-electron chi connectivity index (χ0n) is 16.6. The number of benzene rings is 2. The number of amides is 1. The van der Waals surface area contributed by atoms with E-state index in [1.165, 1.54) is 11.1 Å². The Bertz CT molecular complexity index is 1130. The zero-order chi connectivity index (χ0) is 20.2. The minimum Gasteiger partial charge on any atom is -0.326 e. The van der Waals surface area contributed by atoms with Gasteiger partial charge in [0.2, 0.25) is 5.91 Å². The van der Waals surface area contributed by atoms with Gasteiger partial charge >= 0.3 is 0 Å².